The van der Waals surface area contributed by atoms with Crippen molar-refractivity contribution >= 4 is 32.9 Å². The van der Waals surface area contributed by atoms with Crippen molar-refractivity contribution in [1.82, 2.24) is 15.0 Å². The van der Waals surface area contributed by atoms with Crippen LogP contribution >= 0.6 is 15.9 Å². The van der Waals surface area contributed by atoms with Crippen LogP contribution in [0.4, 0.5) is 5.82 Å². The van der Waals surface area contributed by atoms with Gasteiger partial charge >= 0.3 is 0 Å². The summed E-state index contributed by atoms with van der Waals surface area (Å²) in [6, 6.07) is 10.00. The Morgan fingerprint density at radius 1 is 1.16 bits per heavy atom. The lowest BCUT2D eigenvalue weighted by Crippen LogP contribution is -1.91. The summed E-state index contributed by atoms with van der Waals surface area (Å²) < 4.78 is 1.08. The van der Waals surface area contributed by atoms with E-state index >= 15 is 0 Å². The second-order valence-electron chi connectivity index (χ2n) is 4.32. The molecule has 4 nitrogen and oxygen atoms in total. The third-order valence-electron chi connectivity index (χ3n) is 3.12. The van der Waals surface area contributed by atoms with Gasteiger partial charge in [-0.3, -0.25) is 0 Å². The molecule has 0 spiro atoms. The molecule has 0 aliphatic rings. The lowest BCUT2D eigenvalue weighted by molar-refractivity contribution is 1.27. The number of hydrogen-bond acceptors (Lipinski definition) is 3. The summed E-state index contributed by atoms with van der Waals surface area (Å²) >= 11 is 3.54. The summed E-state index contributed by atoms with van der Waals surface area (Å²) in [5, 5.41) is 3.02. The van der Waals surface area contributed by atoms with E-state index in [1.54, 1.807) is 0 Å². The molecule has 0 atom stereocenters. The highest BCUT2D eigenvalue weighted by Crippen LogP contribution is 2.28. The Bertz CT molecular complexity index is 748. The van der Waals surface area contributed by atoms with E-state index in [-0.39, 0.29) is 0 Å². The van der Waals surface area contributed by atoms with Crippen LogP contribution in [0.5, 0.6) is 0 Å². The summed E-state index contributed by atoms with van der Waals surface area (Å²) in [6.07, 6.45) is 0. The van der Waals surface area contributed by atoms with Crippen LogP contribution in [0.2, 0.25) is 0 Å². The van der Waals surface area contributed by atoms with Gasteiger partial charge in [-0.15, -0.1) is 0 Å². The van der Waals surface area contributed by atoms with Gasteiger partial charge in [-0.2, -0.15) is 0 Å². The number of nitrogens with zero attached hydrogens (tertiary/aromatic N) is 2. The molecule has 2 heterocycles. The Kier molecular flexibility index (Phi) is 2.98. The molecule has 0 aliphatic carbocycles. The zero-order chi connectivity index (χ0) is 13.4. The number of halogens is 1. The number of imidazole rings is 1. The minimum absolute atomic E-state index is 0.723. The molecule has 0 bridgehead atoms. The van der Waals surface area contributed by atoms with E-state index in [1.165, 1.54) is 0 Å². The van der Waals surface area contributed by atoms with Crippen molar-refractivity contribution in [1.29, 1.82) is 0 Å². The predicted octanol–water partition coefficient (Wildman–Crippen LogP) is 3.74. The molecule has 0 aliphatic heterocycles. The minimum atomic E-state index is 0.723. The number of pyridine rings is 1. The van der Waals surface area contributed by atoms with Crippen molar-refractivity contribution in [2.45, 2.75) is 6.92 Å². The first-order valence-corrected chi connectivity index (χ1v) is 6.78. The van der Waals surface area contributed by atoms with Crippen molar-refractivity contribution < 1.29 is 0 Å². The zero-order valence-corrected chi connectivity index (χ0v) is 12.2. The molecule has 2 N–H and O–H groups in total. The summed E-state index contributed by atoms with van der Waals surface area (Å²) in [7, 11) is 1.85. The van der Waals surface area contributed by atoms with Crippen molar-refractivity contribution in [3.63, 3.8) is 0 Å². The fraction of sp³-hybridized carbons (Fsp3) is 0.143. The number of aromatic amines is 1. The first-order valence-electron chi connectivity index (χ1n) is 5.99. The normalized spacial score (nSPS) is 10.9. The fourth-order valence-corrected chi connectivity index (χ4v) is 2.39. The maximum absolute atomic E-state index is 4.57. The molecule has 2 aromatic heterocycles. The molecule has 3 rings (SSSR count). The summed E-state index contributed by atoms with van der Waals surface area (Å²) in [5.41, 5.74) is 3.91. The molecule has 5 heteroatoms. The average Bonchev–Trinajstić information content (AvgIpc) is 2.84. The first kappa shape index (κ1) is 12.2. The van der Waals surface area contributed by atoms with Crippen LogP contribution < -0.4 is 5.32 Å². The summed E-state index contributed by atoms with van der Waals surface area (Å²) in [6.45, 7) is 2.07. The van der Waals surface area contributed by atoms with E-state index in [1.807, 2.05) is 31.3 Å². The number of rotatable bonds is 2. The smallest absolute Gasteiger partial charge is 0.180 e. The van der Waals surface area contributed by atoms with Crippen LogP contribution in [-0.2, 0) is 0 Å². The number of fused-ring (bicyclic) bond motifs is 1. The van der Waals surface area contributed by atoms with E-state index in [2.05, 4.69) is 49.2 Å². The molecule has 3 aromatic rings. The van der Waals surface area contributed by atoms with Gasteiger partial charge in [-0.1, -0.05) is 28.1 Å². The predicted molar refractivity (Wildman–Crippen MR) is 81.3 cm³/mol. The largest absolute Gasteiger partial charge is 0.373 e. The van der Waals surface area contributed by atoms with E-state index in [4.69, 9.17) is 0 Å². The van der Waals surface area contributed by atoms with Gasteiger partial charge in [0.2, 0.25) is 0 Å². The molecular formula is C14H13BrN4. The number of aromatic nitrogens is 3. The van der Waals surface area contributed by atoms with E-state index in [0.29, 0.717) is 0 Å². The molecule has 0 saturated heterocycles. The Hall–Kier alpha value is -1.88. The number of anilines is 1. The van der Waals surface area contributed by atoms with Crippen LogP contribution in [-0.4, -0.2) is 22.0 Å². The topological polar surface area (TPSA) is 53.6 Å². The molecule has 1 aromatic carbocycles. The van der Waals surface area contributed by atoms with E-state index in [9.17, 15) is 0 Å². The molecule has 0 unspecified atom stereocenters. The highest BCUT2D eigenvalue weighted by atomic mass is 79.9. The van der Waals surface area contributed by atoms with Crippen LogP contribution in [0, 0.1) is 6.92 Å². The third-order valence-corrected chi connectivity index (χ3v) is 3.98. The summed E-state index contributed by atoms with van der Waals surface area (Å²) in [5.74, 6) is 1.66. The third kappa shape index (κ3) is 2.10. The summed E-state index contributed by atoms with van der Waals surface area (Å²) in [4.78, 5) is 12.3. The van der Waals surface area contributed by atoms with Crippen molar-refractivity contribution in [3.8, 4) is 11.4 Å². The standard InChI is InChI=1S/C14H13BrN4/c1-8-9(4-3-5-10(8)15)13-17-11-6-7-12(16-2)18-14(11)19-13/h3-7H,1-2H3,(H2,16,17,18,19). The van der Waals surface area contributed by atoms with E-state index in [0.717, 1.165) is 38.4 Å². The van der Waals surface area contributed by atoms with Crippen LogP contribution in [0.3, 0.4) is 0 Å². The molecular weight excluding hydrogens is 304 g/mol. The van der Waals surface area contributed by atoms with Crippen LogP contribution in [0.1, 0.15) is 5.56 Å². The lowest BCUT2D eigenvalue weighted by atomic mass is 10.1. The number of benzene rings is 1. The average molecular weight is 317 g/mol. The maximum Gasteiger partial charge on any atom is 0.180 e. The molecule has 0 radical (unpaired) electrons. The maximum atomic E-state index is 4.57. The molecule has 0 saturated carbocycles. The highest BCUT2D eigenvalue weighted by molar-refractivity contribution is 9.10. The molecule has 96 valence electrons. The van der Waals surface area contributed by atoms with Gasteiger partial charge in [0.05, 0.1) is 5.52 Å². The first-order chi connectivity index (χ1) is 9.19. The van der Waals surface area contributed by atoms with Gasteiger partial charge in [0, 0.05) is 17.1 Å². The zero-order valence-electron chi connectivity index (χ0n) is 10.7. The Morgan fingerprint density at radius 3 is 2.79 bits per heavy atom. The van der Waals surface area contributed by atoms with Gasteiger partial charge < -0.3 is 10.3 Å². The van der Waals surface area contributed by atoms with Crippen molar-refractivity contribution in [3.05, 3.63) is 40.4 Å². The minimum Gasteiger partial charge on any atom is -0.373 e. The van der Waals surface area contributed by atoms with Crippen LogP contribution in [0.25, 0.3) is 22.6 Å². The molecule has 19 heavy (non-hydrogen) atoms. The Labute approximate surface area is 119 Å². The quantitative estimate of drug-likeness (QED) is 0.757. The molecule has 0 amide bonds. The van der Waals surface area contributed by atoms with Crippen molar-refractivity contribution in [2.24, 2.45) is 0 Å². The molecule has 0 fully saturated rings. The van der Waals surface area contributed by atoms with Crippen LogP contribution in [0.15, 0.2) is 34.8 Å². The van der Waals surface area contributed by atoms with Crippen molar-refractivity contribution in [2.75, 3.05) is 12.4 Å². The Balaban J connectivity index is 2.18. The highest BCUT2D eigenvalue weighted by Gasteiger charge is 2.10. The number of nitrogens with one attached hydrogen (secondary N) is 2. The number of hydrogen-bond donors (Lipinski definition) is 2. The fourth-order valence-electron chi connectivity index (χ4n) is 2.02. The van der Waals surface area contributed by atoms with Gasteiger partial charge in [0.1, 0.15) is 11.6 Å². The van der Waals surface area contributed by atoms with Gasteiger partial charge in [-0.05, 0) is 30.7 Å². The van der Waals surface area contributed by atoms with Gasteiger partial charge in [-0.25, -0.2) is 9.97 Å². The van der Waals surface area contributed by atoms with E-state index < -0.39 is 0 Å². The lowest BCUT2D eigenvalue weighted by Gasteiger charge is -2.03. The number of H-pyrrole nitrogens is 1. The second kappa shape index (κ2) is 4.66. The second-order valence-corrected chi connectivity index (χ2v) is 5.17. The SMILES string of the molecule is CNc1ccc2[nH]c(-c3cccc(Br)c3C)nc2n1. The monoisotopic (exact) mass is 316 g/mol. The Morgan fingerprint density at radius 2 is 2.00 bits per heavy atom. The van der Waals surface area contributed by atoms with Gasteiger partial charge in [0.15, 0.2) is 5.65 Å². The van der Waals surface area contributed by atoms with Gasteiger partial charge in [0.25, 0.3) is 0 Å².